The lowest BCUT2D eigenvalue weighted by molar-refractivity contribution is -0.122. The summed E-state index contributed by atoms with van der Waals surface area (Å²) in [6.45, 7) is 2.30. The lowest BCUT2D eigenvalue weighted by Crippen LogP contribution is -2.38. The van der Waals surface area contributed by atoms with Crippen LogP contribution >= 0.6 is 0 Å². The molecule has 3 aromatic heterocycles. The number of H-pyrrole nitrogens is 1. The Morgan fingerprint density at radius 2 is 2.42 bits per heavy atom. The third-order valence-electron chi connectivity index (χ3n) is 4.71. The first-order valence-corrected chi connectivity index (χ1v) is 8.99. The van der Waals surface area contributed by atoms with E-state index < -0.39 is 0 Å². The van der Waals surface area contributed by atoms with Gasteiger partial charge >= 0.3 is 0 Å². The van der Waals surface area contributed by atoms with Crippen molar-refractivity contribution >= 4 is 23.2 Å². The van der Waals surface area contributed by atoms with Gasteiger partial charge in [-0.1, -0.05) is 0 Å². The van der Waals surface area contributed by atoms with Crippen LogP contribution in [0.3, 0.4) is 0 Å². The van der Waals surface area contributed by atoms with Gasteiger partial charge in [0.2, 0.25) is 11.6 Å². The van der Waals surface area contributed by atoms with Crippen LogP contribution in [0.5, 0.6) is 0 Å². The zero-order valence-corrected chi connectivity index (χ0v) is 14.5. The topological polar surface area (TPSA) is 99.9 Å². The molecule has 2 N–H and O–H groups in total. The third kappa shape index (κ3) is 3.84. The van der Waals surface area contributed by atoms with E-state index in [2.05, 4.69) is 30.4 Å². The molecule has 3 aromatic rings. The van der Waals surface area contributed by atoms with E-state index in [1.807, 2.05) is 18.3 Å². The van der Waals surface area contributed by atoms with Gasteiger partial charge in [-0.25, -0.2) is 4.98 Å². The molecule has 4 rings (SSSR count). The monoisotopic (exact) mass is 354 g/mol. The van der Waals surface area contributed by atoms with Crippen molar-refractivity contribution < 1.29 is 9.21 Å². The number of pyridine rings is 1. The fourth-order valence-corrected chi connectivity index (χ4v) is 3.39. The van der Waals surface area contributed by atoms with Crippen LogP contribution in [0.2, 0.25) is 0 Å². The summed E-state index contributed by atoms with van der Waals surface area (Å²) >= 11 is 0. The quantitative estimate of drug-likeness (QED) is 0.701. The number of hydrogen-bond acceptors (Lipinski definition) is 6. The minimum absolute atomic E-state index is 0.0968. The number of fused-ring (bicyclic) bond motifs is 1. The van der Waals surface area contributed by atoms with E-state index in [0.717, 1.165) is 37.9 Å². The maximum atomic E-state index is 12.2. The molecule has 26 heavy (non-hydrogen) atoms. The van der Waals surface area contributed by atoms with Crippen molar-refractivity contribution in [2.45, 2.75) is 25.7 Å². The van der Waals surface area contributed by atoms with Gasteiger partial charge in [0.1, 0.15) is 0 Å². The summed E-state index contributed by atoms with van der Waals surface area (Å²) in [5.41, 5.74) is 2.42. The Hall–Kier alpha value is -2.90. The lowest BCUT2D eigenvalue weighted by atomic mass is 9.94. The Labute approximate surface area is 151 Å². The Morgan fingerprint density at radius 1 is 1.46 bits per heavy atom. The highest BCUT2D eigenvalue weighted by Gasteiger charge is 2.25. The fraction of sp³-hybridized carbons (Fsp3) is 0.444. The highest BCUT2D eigenvalue weighted by Crippen LogP contribution is 2.26. The van der Waals surface area contributed by atoms with Crippen molar-refractivity contribution in [2.75, 3.05) is 24.5 Å². The predicted octanol–water partition coefficient (Wildman–Crippen LogP) is 1.91. The predicted molar refractivity (Wildman–Crippen MR) is 96.7 cm³/mol. The van der Waals surface area contributed by atoms with Crippen LogP contribution in [0.1, 0.15) is 24.8 Å². The highest BCUT2D eigenvalue weighted by molar-refractivity contribution is 5.76. The molecular weight excluding hydrogens is 332 g/mol. The van der Waals surface area contributed by atoms with Gasteiger partial charge in [0.15, 0.2) is 5.58 Å². The van der Waals surface area contributed by atoms with Crippen LogP contribution in [0, 0.1) is 5.92 Å². The van der Waals surface area contributed by atoms with E-state index in [9.17, 15) is 4.79 Å². The minimum atomic E-state index is 0.0968. The number of aromatic amines is 1. The lowest BCUT2D eigenvalue weighted by Gasteiger charge is -2.31. The molecule has 8 heteroatoms. The number of nitrogens with one attached hydrogen (secondary N) is 2. The summed E-state index contributed by atoms with van der Waals surface area (Å²) in [7, 11) is 0. The number of rotatable bonds is 6. The molecule has 1 unspecified atom stereocenters. The van der Waals surface area contributed by atoms with Gasteiger partial charge in [-0.2, -0.15) is 10.1 Å². The molecule has 0 radical (unpaired) electrons. The summed E-state index contributed by atoms with van der Waals surface area (Å²) in [4.78, 5) is 23.0. The fourth-order valence-electron chi connectivity index (χ4n) is 3.39. The SMILES string of the molecule is O=C(CC1CCCN(c2nc3ncccc3o2)C1)NCCc1cn[nH]c1. The van der Waals surface area contributed by atoms with Gasteiger partial charge in [0.05, 0.1) is 6.20 Å². The highest BCUT2D eigenvalue weighted by atomic mass is 16.4. The van der Waals surface area contributed by atoms with E-state index in [1.54, 1.807) is 12.4 Å². The van der Waals surface area contributed by atoms with Gasteiger partial charge in [0.25, 0.3) is 6.01 Å². The molecule has 136 valence electrons. The van der Waals surface area contributed by atoms with Crippen LogP contribution in [0.4, 0.5) is 6.01 Å². The van der Waals surface area contributed by atoms with Gasteiger partial charge in [0, 0.05) is 38.4 Å². The second-order valence-corrected chi connectivity index (χ2v) is 6.69. The largest absolute Gasteiger partial charge is 0.422 e. The van der Waals surface area contributed by atoms with Crippen LogP contribution in [-0.4, -0.2) is 45.7 Å². The Balaban J connectivity index is 1.29. The van der Waals surface area contributed by atoms with E-state index in [1.165, 1.54) is 0 Å². The van der Waals surface area contributed by atoms with Crippen LogP contribution in [0.25, 0.3) is 11.2 Å². The average molecular weight is 354 g/mol. The minimum Gasteiger partial charge on any atom is -0.422 e. The molecule has 0 aromatic carbocycles. The van der Waals surface area contributed by atoms with E-state index in [0.29, 0.717) is 36.1 Å². The Bertz CT molecular complexity index is 827. The first-order chi connectivity index (χ1) is 12.8. The van der Waals surface area contributed by atoms with Gasteiger partial charge in [-0.15, -0.1) is 0 Å². The average Bonchev–Trinajstić information content (AvgIpc) is 3.31. The van der Waals surface area contributed by atoms with Crippen molar-refractivity contribution in [2.24, 2.45) is 5.92 Å². The molecular formula is C18H22N6O2. The molecule has 1 amide bonds. The number of carbonyl (C=O) groups excluding carboxylic acids is 1. The first-order valence-electron chi connectivity index (χ1n) is 8.99. The summed E-state index contributed by atoms with van der Waals surface area (Å²) < 4.78 is 5.81. The Morgan fingerprint density at radius 3 is 3.27 bits per heavy atom. The maximum Gasteiger partial charge on any atom is 0.299 e. The second kappa shape index (κ2) is 7.55. The number of aromatic nitrogens is 4. The molecule has 1 atom stereocenters. The third-order valence-corrected chi connectivity index (χ3v) is 4.71. The molecule has 1 fully saturated rings. The number of oxazole rings is 1. The summed E-state index contributed by atoms with van der Waals surface area (Å²) in [6.07, 6.45) is 8.72. The molecule has 0 saturated carbocycles. The molecule has 1 aliphatic rings. The Kier molecular flexibility index (Phi) is 4.81. The van der Waals surface area contributed by atoms with E-state index >= 15 is 0 Å². The van der Waals surface area contributed by atoms with Crippen molar-refractivity contribution in [1.29, 1.82) is 0 Å². The molecule has 0 bridgehead atoms. The van der Waals surface area contributed by atoms with Crippen molar-refractivity contribution in [1.82, 2.24) is 25.5 Å². The number of amides is 1. The van der Waals surface area contributed by atoms with Crippen molar-refractivity contribution in [3.05, 3.63) is 36.3 Å². The number of carbonyl (C=O) groups is 1. The zero-order chi connectivity index (χ0) is 17.8. The molecule has 0 spiro atoms. The summed E-state index contributed by atoms with van der Waals surface area (Å²) in [5.74, 6) is 0.403. The first kappa shape index (κ1) is 16.6. The number of anilines is 1. The number of nitrogens with zero attached hydrogens (tertiary/aromatic N) is 4. The van der Waals surface area contributed by atoms with Gasteiger partial charge in [-0.05, 0) is 42.9 Å². The summed E-state index contributed by atoms with van der Waals surface area (Å²) in [6, 6.07) is 4.31. The number of piperidine rings is 1. The second-order valence-electron chi connectivity index (χ2n) is 6.69. The molecule has 0 aliphatic carbocycles. The molecule has 1 aliphatic heterocycles. The van der Waals surface area contributed by atoms with Gasteiger partial charge in [-0.3, -0.25) is 9.89 Å². The number of hydrogen-bond donors (Lipinski definition) is 2. The van der Waals surface area contributed by atoms with Crippen LogP contribution in [-0.2, 0) is 11.2 Å². The van der Waals surface area contributed by atoms with E-state index in [4.69, 9.17) is 4.42 Å². The van der Waals surface area contributed by atoms with Crippen molar-refractivity contribution in [3.8, 4) is 0 Å². The zero-order valence-electron chi connectivity index (χ0n) is 14.5. The van der Waals surface area contributed by atoms with Crippen LogP contribution < -0.4 is 10.2 Å². The van der Waals surface area contributed by atoms with Crippen LogP contribution in [0.15, 0.2) is 35.1 Å². The normalized spacial score (nSPS) is 17.5. The smallest absolute Gasteiger partial charge is 0.299 e. The summed E-state index contributed by atoms with van der Waals surface area (Å²) in [5, 5.41) is 9.68. The van der Waals surface area contributed by atoms with Gasteiger partial charge < -0.3 is 14.6 Å². The molecule has 4 heterocycles. The maximum absolute atomic E-state index is 12.2. The molecule has 8 nitrogen and oxygen atoms in total. The molecule has 1 saturated heterocycles. The van der Waals surface area contributed by atoms with Crippen molar-refractivity contribution in [3.63, 3.8) is 0 Å². The standard InChI is InChI=1S/C18H22N6O2/c25-16(19-7-5-14-10-21-22-11-14)9-13-3-2-8-24(12-13)18-23-17-15(26-18)4-1-6-20-17/h1,4,6,10-11,13H,2-3,5,7-9,12H2,(H,19,25)(H,21,22). The van der Waals surface area contributed by atoms with E-state index in [-0.39, 0.29) is 5.91 Å².